The third kappa shape index (κ3) is 3.27. The van der Waals surface area contributed by atoms with Gasteiger partial charge in [-0.2, -0.15) is 0 Å². The zero-order chi connectivity index (χ0) is 16.9. The van der Waals surface area contributed by atoms with Crippen LogP contribution in [0.3, 0.4) is 0 Å². The second-order valence-corrected chi connectivity index (χ2v) is 5.25. The van der Waals surface area contributed by atoms with Crippen LogP contribution in [0, 0.1) is 0 Å². The molecule has 0 N–H and O–H groups in total. The van der Waals surface area contributed by atoms with Gasteiger partial charge in [0.25, 0.3) is 0 Å². The van der Waals surface area contributed by atoms with Gasteiger partial charge in [-0.3, -0.25) is 4.79 Å². The summed E-state index contributed by atoms with van der Waals surface area (Å²) in [6.07, 6.45) is 0. The van der Waals surface area contributed by atoms with Crippen molar-refractivity contribution in [3.63, 3.8) is 0 Å². The number of methoxy groups -OCH3 is 1. The van der Waals surface area contributed by atoms with Crippen LogP contribution in [0.2, 0.25) is 0 Å². The van der Waals surface area contributed by atoms with Crippen LogP contribution in [0.1, 0.15) is 20.7 Å². The van der Waals surface area contributed by atoms with Crippen molar-refractivity contribution in [1.29, 1.82) is 0 Å². The molecule has 3 aromatic rings. The number of fused-ring (bicyclic) bond motifs is 1. The number of carbonyl (C=O) groups is 2. The number of rotatable bonds is 5. The molecule has 4 nitrogen and oxygen atoms in total. The number of hydrogen-bond donors (Lipinski definition) is 0. The van der Waals surface area contributed by atoms with Crippen LogP contribution in [-0.4, -0.2) is 25.5 Å². The average molecular weight is 320 g/mol. The second kappa shape index (κ2) is 6.96. The number of Topliss-reactive ketones (excluding diaryl/α,β-unsaturated/α-hetero) is 1. The van der Waals surface area contributed by atoms with Gasteiger partial charge in [0.1, 0.15) is 5.75 Å². The van der Waals surface area contributed by atoms with Gasteiger partial charge >= 0.3 is 5.97 Å². The van der Waals surface area contributed by atoms with Crippen LogP contribution in [0.15, 0.2) is 66.7 Å². The highest BCUT2D eigenvalue weighted by Crippen LogP contribution is 2.19. The van der Waals surface area contributed by atoms with E-state index in [4.69, 9.17) is 9.47 Å². The molecule has 0 aliphatic rings. The summed E-state index contributed by atoms with van der Waals surface area (Å²) in [7, 11) is 1.55. The first kappa shape index (κ1) is 15.7. The highest BCUT2D eigenvalue weighted by atomic mass is 16.5. The maximum Gasteiger partial charge on any atom is 0.338 e. The maximum atomic E-state index is 12.4. The number of benzene rings is 3. The van der Waals surface area contributed by atoms with Gasteiger partial charge in [-0.1, -0.05) is 42.5 Å². The van der Waals surface area contributed by atoms with E-state index in [0.717, 1.165) is 10.8 Å². The van der Waals surface area contributed by atoms with Crippen molar-refractivity contribution in [2.24, 2.45) is 0 Å². The molecule has 0 fully saturated rings. The molecule has 0 unspecified atom stereocenters. The fourth-order valence-electron chi connectivity index (χ4n) is 2.49. The Bertz CT molecular complexity index is 876. The van der Waals surface area contributed by atoms with Crippen LogP contribution in [0.4, 0.5) is 0 Å². The molecular weight excluding hydrogens is 304 g/mol. The molecule has 0 saturated heterocycles. The molecule has 0 amide bonds. The maximum absolute atomic E-state index is 12.4. The van der Waals surface area contributed by atoms with Gasteiger partial charge in [-0.15, -0.1) is 0 Å². The minimum atomic E-state index is -0.536. The average Bonchev–Trinajstić information content (AvgIpc) is 2.65. The monoisotopic (exact) mass is 320 g/mol. The molecule has 0 radical (unpaired) electrons. The Morgan fingerprint density at radius 2 is 1.58 bits per heavy atom. The van der Waals surface area contributed by atoms with E-state index in [9.17, 15) is 9.59 Å². The molecule has 4 heteroatoms. The summed E-state index contributed by atoms with van der Waals surface area (Å²) in [6, 6.07) is 19.7. The van der Waals surface area contributed by atoms with Crippen LogP contribution >= 0.6 is 0 Å². The quantitative estimate of drug-likeness (QED) is 0.529. The lowest BCUT2D eigenvalue weighted by atomic mass is 10.0. The first-order chi connectivity index (χ1) is 11.7. The summed E-state index contributed by atoms with van der Waals surface area (Å²) in [5, 5.41) is 1.83. The first-order valence-electron chi connectivity index (χ1n) is 7.51. The van der Waals surface area contributed by atoms with Crippen molar-refractivity contribution in [3.8, 4) is 5.75 Å². The third-order valence-electron chi connectivity index (χ3n) is 3.75. The van der Waals surface area contributed by atoms with Gasteiger partial charge in [0.2, 0.25) is 5.78 Å². The number of carbonyl (C=O) groups excluding carboxylic acids is 2. The summed E-state index contributed by atoms with van der Waals surface area (Å²) in [5.74, 6) is -0.113. The molecule has 3 aromatic carbocycles. The van der Waals surface area contributed by atoms with E-state index in [-0.39, 0.29) is 12.4 Å². The number of ether oxygens (including phenoxy) is 2. The third-order valence-corrected chi connectivity index (χ3v) is 3.75. The predicted octanol–water partition coefficient (Wildman–Crippen LogP) is 3.89. The van der Waals surface area contributed by atoms with Crippen molar-refractivity contribution in [1.82, 2.24) is 0 Å². The van der Waals surface area contributed by atoms with Crippen molar-refractivity contribution in [3.05, 3.63) is 77.9 Å². The van der Waals surface area contributed by atoms with Crippen molar-refractivity contribution < 1.29 is 19.1 Å². The smallest absolute Gasteiger partial charge is 0.338 e. The van der Waals surface area contributed by atoms with Crippen LogP contribution < -0.4 is 4.74 Å². The Labute approximate surface area is 139 Å². The largest absolute Gasteiger partial charge is 0.497 e. The Morgan fingerprint density at radius 1 is 0.875 bits per heavy atom. The van der Waals surface area contributed by atoms with Crippen molar-refractivity contribution in [2.45, 2.75) is 0 Å². The summed E-state index contributed by atoms with van der Waals surface area (Å²) in [6.45, 7) is -0.293. The Kier molecular flexibility index (Phi) is 4.57. The highest BCUT2D eigenvalue weighted by Gasteiger charge is 2.14. The summed E-state index contributed by atoms with van der Waals surface area (Å²) in [4.78, 5) is 24.4. The minimum absolute atomic E-state index is 0.228. The molecule has 0 saturated carbocycles. The Morgan fingerprint density at radius 3 is 2.33 bits per heavy atom. The molecule has 24 heavy (non-hydrogen) atoms. The number of hydrogen-bond acceptors (Lipinski definition) is 4. The number of esters is 1. The minimum Gasteiger partial charge on any atom is -0.497 e. The fourth-order valence-corrected chi connectivity index (χ4v) is 2.49. The molecule has 0 heterocycles. The van der Waals surface area contributed by atoms with Gasteiger partial charge in [0, 0.05) is 5.56 Å². The van der Waals surface area contributed by atoms with Gasteiger partial charge < -0.3 is 9.47 Å². The van der Waals surface area contributed by atoms with Gasteiger partial charge in [0.15, 0.2) is 6.61 Å². The normalized spacial score (nSPS) is 10.4. The molecule has 0 aliphatic carbocycles. The summed E-state index contributed by atoms with van der Waals surface area (Å²) < 4.78 is 10.2. The molecule has 0 spiro atoms. The molecule has 0 aliphatic heterocycles. The van der Waals surface area contributed by atoms with Gasteiger partial charge in [-0.25, -0.2) is 4.79 Å². The first-order valence-corrected chi connectivity index (χ1v) is 7.51. The Hall–Kier alpha value is -3.14. The van der Waals surface area contributed by atoms with Crippen LogP contribution in [-0.2, 0) is 4.74 Å². The Balaban J connectivity index is 1.71. The number of ketones is 1. The van der Waals surface area contributed by atoms with E-state index in [0.29, 0.717) is 16.9 Å². The van der Waals surface area contributed by atoms with Crippen LogP contribution in [0.5, 0.6) is 5.75 Å². The predicted molar refractivity (Wildman–Crippen MR) is 91.6 cm³/mol. The van der Waals surface area contributed by atoms with Gasteiger partial charge in [0.05, 0.1) is 12.7 Å². The van der Waals surface area contributed by atoms with Gasteiger partial charge in [-0.05, 0) is 35.0 Å². The van der Waals surface area contributed by atoms with E-state index in [1.165, 1.54) is 0 Å². The molecule has 120 valence electrons. The summed E-state index contributed by atoms with van der Waals surface area (Å²) in [5.41, 5.74) is 0.928. The lowest BCUT2D eigenvalue weighted by Gasteiger charge is -2.07. The van der Waals surface area contributed by atoms with E-state index in [1.54, 1.807) is 37.4 Å². The lowest BCUT2D eigenvalue weighted by molar-refractivity contribution is 0.0475. The van der Waals surface area contributed by atoms with E-state index in [2.05, 4.69) is 0 Å². The lowest BCUT2D eigenvalue weighted by Crippen LogP contribution is -2.14. The summed E-state index contributed by atoms with van der Waals surface area (Å²) >= 11 is 0. The molecule has 0 aromatic heterocycles. The second-order valence-electron chi connectivity index (χ2n) is 5.25. The zero-order valence-corrected chi connectivity index (χ0v) is 13.2. The van der Waals surface area contributed by atoms with E-state index in [1.807, 2.05) is 36.4 Å². The van der Waals surface area contributed by atoms with Crippen LogP contribution in [0.25, 0.3) is 10.8 Å². The molecule has 0 atom stereocenters. The van der Waals surface area contributed by atoms with E-state index < -0.39 is 5.97 Å². The van der Waals surface area contributed by atoms with E-state index >= 15 is 0 Å². The SMILES string of the molecule is COc1ccc(C(=O)OCC(=O)c2cccc3ccccc23)cc1. The molecule has 3 rings (SSSR count). The topological polar surface area (TPSA) is 52.6 Å². The standard InChI is InChI=1S/C20H16O4/c1-23-16-11-9-15(10-12-16)20(22)24-13-19(21)18-8-4-6-14-5-2-3-7-17(14)18/h2-12H,13H2,1H3. The zero-order valence-electron chi connectivity index (χ0n) is 13.2. The fraction of sp³-hybridized carbons (Fsp3) is 0.100. The van der Waals surface area contributed by atoms with Crippen molar-refractivity contribution in [2.75, 3.05) is 13.7 Å². The molecular formula is C20H16O4. The van der Waals surface area contributed by atoms with Crippen molar-refractivity contribution >= 4 is 22.5 Å². The highest BCUT2D eigenvalue weighted by molar-refractivity contribution is 6.09. The molecule has 0 bridgehead atoms.